The van der Waals surface area contributed by atoms with Crippen LogP contribution in [0.15, 0.2) is 41.1 Å². The Morgan fingerprint density at radius 1 is 1.22 bits per heavy atom. The van der Waals surface area contributed by atoms with Gasteiger partial charge in [0.15, 0.2) is 0 Å². The van der Waals surface area contributed by atoms with Crippen molar-refractivity contribution in [1.29, 1.82) is 0 Å². The first-order valence-corrected chi connectivity index (χ1v) is 8.43. The summed E-state index contributed by atoms with van der Waals surface area (Å²) in [5.74, 6) is 2.36. The first-order valence-electron chi connectivity index (χ1n) is 6.33. The predicted molar refractivity (Wildman–Crippen MR) is 81.4 cm³/mol. The molecule has 0 amide bonds. The third kappa shape index (κ3) is 2.79. The Balaban J connectivity index is 1.60. The average molecular weight is 275 g/mol. The topological polar surface area (TPSA) is 12.0 Å². The van der Waals surface area contributed by atoms with Gasteiger partial charge in [0.05, 0.1) is 0 Å². The summed E-state index contributed by atoms with van der Waals surface area (Å²) in [5, 5.41) is 8.10. The number of benzene rings is 1. The standard InChI is InChI=1S/C15H17NS2/c1-2-4-14-13(3-1)10-18-11-15(14)16-7-5-12-6-8-17-9-12/h1-4,6,8-9,15-16H,5,7,10-11H2. The predicted octanol–water partition coefficient (Wildman–Crippen LogP) is 3.87. The summed E-state index contributed by atoms with van der Waals surface area (Å²) in [7, 11) is 0. The van der Waals surface area contributed by atoms with Crippen molar-refractivity contribution in [2.75, 3.05) is 12.3 Å². The molecular formula is C15H17NS2. The lowest BCUT2D eigenvalue weighted by Gasteiger charge is -2.26. The molecule has 0 saturated carbocycles. The Morgan fingerprint density at radius 2 is 2.17 bits per heavy atom. The summed E-state index contributed by atoms with van der Waals surface area (Å²) < 4.78 is 0. The van der Waals surface area contributed by atoms with Gasteiger partial charge in [-0.3, -0.25) is 0 Å². The molecule has 1 aliphatic rings. The molecule has 3 rings (SSSR count). The van der Waals surface area contributed by atoms with Gasteiger partial charge < -0.3 is 5.32 Å². The zero-order valence-corrected chi connectivity index (χ0v) is 11.9. The molecule has 1 aromatic heterocycles. The van der Waals surface area contributed by atoms with Crippen LogP contribution >= 0.6 is 23.1 Å². The first-order chi connectivity index (χ1) is 8.93. The highest BCUT2D eigenvalue weighted by Gasteiger charge is 2.18. The van der Waals surface area contributed by atoms with E-state index in [4.69, 9.17) is 0 Å². The number of hydrogen-bond acceptors (Lipinski definition) is 3. The molecule has 0 spiro atoms. The fourth-order valence-electron chi connectivity index (χ4n) is 2.38. The summed E-state index contributed by atoms with van der Waals surface area (Å²) in [5.41, 5.74) is 4.45. The van der Waals surface area contributed by atoms with E-state index in [2.05, 4.69) is 46.4 Å². The van der Waals surface area contributed by atoms with E-state index in [1.54, 1.807) is 11.3 Å². The van der Waals surface area contributed by atoms with Crippen molar-refractivity contribution in [2.24, 2.45) is 0 Å². The van der Waals surface area contributed by atoms with Crippen LogP contribution in [-0.2, 0) is 12.2 Å². The quantitative estimate of drug-likeness (QED) is 0.909. The van der Waals surface area contributed by atoms with E-state index in [9.17, 15) is 0 Å². The lowest BCUT2D eigenvalue weighted by molar-refractivity contribution is 0.577. The normalized spacial score (nSPS) is 18.6. The van der Waals surface area contributed by atoms with Crippen molar-refractivity contribution < 1.29 is 0 Å². The van der Waals surface area contributed by atoms with Crippen LogP contribution in [0.5, 0.6) is 0 Å². The fourth-order valence-corrected chi connectivity index (χ4v) is 4.21. The molecule has 1 aliphatic heterocycles. The molecule has 1 N–H and O–H groups in total. The monoisotopic (exact) mass is 275 g/mol. The van der Waals surface area contributed by atoms with Crippen LogP contribution in [0.2, 0.25) is 0 Å². The Kier molecular flexibility index (Phi) is 4.03. The molecule has 0 bridgehead atoms. The Bertz CT molecular complexity index is 493. The highest BCUT2D eigenvalue weighted by atomic mass is 32.2. The van der Waals surface area contributed by atoms with Crippen LogP contribution in [0.25, 0.3) is 0 Å². The molecule has 18 heavy (non-hydrogen) atoms. The fraction of sp³-hybridized carbons (Fsp3) is 0.333. The SMILES string of the molecule is c1ccc2c(c1)CSCC2NCCc1ccsc1. The Morgan fingerprint density at radius 3 is 3.06 bits per heavy atom. The van der Waals surface area contributed by atoms with Gasteiger partial charge in [-0.2, -0.15) is 23.1 Å². The highest BCUT2D eigenvalue weighted by Crippen LogP contribution is 2.31. The molecule has 94 valence electrons. The maximum Gasteiger partial charge on any atom is 0.0415 e. The van der Waals surface area contributed by atoms with Crippen molar-refractivity contribution in [3.63, 3.8) is 0 Å². The summed E-state index contributed by atoms with van der Waals surface area (Å²) in [6.07, 6.45) is 1.13. The summed E-state index contributed by atoms with van der Waals surface area (Å²) in [4.78, 5) is 0. The number of thiophene rings is 1. The Labute approximate surface area is 117 Å². The molecule has 2 aromatic rings. The zero-order valence-electron chi connectivity index (χ0n) is 10.3. The minimum absolute atomic E-state index is 0.526. The zero-order chi connectivity index (χ0) is 12.2. The van der Waals surface area contributed by atoms with Crippen LogP contribution < -0.4 is 5.32 Å². The van der Waals surface area contributed by atoms with Crippen LogP contribution in [0.4, 0.5) is 0 Å². The molecular weight excluding hydrogens is 258 g/mol. The molecule has 0 saturated heterocycles. The maximum absolute atomic E-state index is 3.70. The molecule has 1 unspecified atom stereocenters. The second kappa shape index (κ2) is 5.91. The second-order valence-electron chi connectivity index (χ2n) is 4.60. The number of hydrogen-bond donors (Lipinski definition) is 1. The Hall–Kier alpha value is -0.770. The second-order valence-corrected chi connectivity index (χ2v) is 6.41. The van der Waals surface area contributed by atoms with Crippen molar-refractivity contribution in [3.8, 4) is 0 Å². The third-order valence-corrected chi connectivity index (χ3v) is 5.17. The number of fused-ring (bicyclic) bond motifs is 1. The van der Waals surface area contributed by atoms with E-state index in [1.807, 2.05) is 11.8 Å². The average Bonchev–Trinajstić information content (AvgIpc) is 2.92. The molecule has 2 heterocycles. The van der Waals surface area contributed by atoms with Gasteiger partial charge in [0.2, 0.25) is 0 Å². The lowest BCUT2D eigenvalue weighted by Crippen LogP contribution is -2.28. The minimum Gasteiger partial charge on any atom is -0.309 e. The molecule has 0 aliphatic carbocycles. The minimum atomic E-state index is 0.526. The van der Waals surface area contributed by atoms with Crippen molar-refractivity contribution >= 4 is 23.1 Å². The van der Waals surface area contributed by atoms with Crippen molar-refractivity contribution in [3.05, 3.63) is 57.8 Å². The van der Waals surface area contributed by atoms with Crippen molar-refractivity contribution in [2.45, 2.75) is 18.2 Å². The van der Waals surface area contributed by atoms with E-state index in [-0.39, 0.29) is 0 Å². The third-order valence-electron chi connectivity index (χ3n) is 3.36. The van der Waals surface area contributed by atoms with Crippen LogP contribution in [-0.4, -0.2) is 12.3 Å². The number of thioether (sulfide) groups is 1. The van der Waals surface area contributed by atoms with Gasteiger partial charge in [0.1, 0.15) is 0 Å². The van der Waals surface area contributed by atoms with Gasteiger partial charge >= 0.3 is 0 Å². The summed E-state index contributed by atoms with van der Waals surface area (Å²) in [6.45, 7) is 1.07. The maximum atomic E-state index is 3.70. The van der Waals surface area contributed by atoms with Crippen LogP contribution in [0, 0.1) is 0 Å². The van der Waals surface area contributed by atoms with Crippen LogP contribution in [0.1, 0.15) is 22.7 Å². The van der Waals surface area contributed by atoms with Gasteiger partial charge in [-0.15, -0.1) is 0 Å². The van der Waals surface area contributed by atoms with Crippen molar-refractivity contribution in [1.82, 2.24) is 5.32 Å². The lowest BCUT2D eigenvalue weighted by atomic mass is 10.0. The van der Waals surface area contributed by atoms with E-state index in [1.165, 1.54) is 28.2 Å². The molecule has 1 nitrogen and oxygen atoms in total. The van der Waals surface area contributed by atoms with Gasteiger partial charge in [-0.1, -0.05) is 24.3 Å². The molecule has 3 heteroatoms. The summed E-state index contributed by atoms with van der Waals surface area (Å²) in [6, 6.07) is 11.6. The smallest absolute Gasteiger partial charge is 0.0415 e. The summed E-state index contributed by atoms with van der Waals surface area (Å²) >= 11 is 3.82. The van der Waals surface area contributed by atoms with E-state index < -0.39 is 0 Å². The number of rotatable bonds is 4. The van der Waals surface area contributed by atoms with E-state index >= 15 is 0 Å². The molecule has 1 atom stereocenters. The van der Waals surface area contributed by atoms with E-state index in [0.717, 1.165) is 13.0 Å². The molecule has 0 radical (unpaired) electrons. The van der Waals surface area contributed by atoms with E-state index in [0.29, 0.717) is 6.04 Å². The number of nitrogens with one attached hydrogen (secondary N) is 1. The highest BCUT2D eigenvalue weighted by molar-refractivity contribution is 7.98. The van der Waals surface area contributed by atoms with Gasteiger partial charge in [-0.05, 0) is 46.5 Å². The van der Waals surface area contributed by atoms with Gasteiger partial charge in [-0.25, -0.2) is 0 Å². The van der Waals surface area contributed by atoms with Gasteiger partial charge in [0.25, 0.3) is 0 Å². The molecule has 1 aromatic carbocycles. The van der Waals surface area contributed by atoms with Crippen LogP contribution in [0.3, 0.4) is 0 Å². The first kappa shape index (κ1) is 12.3. The largest absolute Gasteiger partial charge is 0.309 e. The van der Waals surface area contributed by atoms with Gasteiger partial charge in [0, 0.05) is 17.5 Å². The molecule has 0 fully saturated rings.